The number of aliphatic carboxylic acids is 1. The van der Waals surface area contributed by atoms with Gasteiger partial charge in [0.15, 0.2) is 5.60 Å². The van der Waals surface area contributed by atoms with E-state index in [0.29, 0.717) is 0 Å². The molecule has 0 aliphatic carbocycles. The van der Waals surface area contributed by atoms with Crippen molar-refractivity contribution in [3.05, 3.63) is 0 Å². The van der Waals surface area contributed by atoms with Gasteiger partial charge in [0.25, 0.3) is 0 Å². The van der Waals surface area contributed by atoms with Crippen LogP contribution >= 0.6 is 0 Å². The number of aliphatic hydroxyl groups excluding tert-OH is 1. The van der Waals surface area contributed by atoms with E-state index in [1.807, 2.05) is 0 Å². The van der Waals surface area contributed by atoms with Crippen LogP contribution in [0.1, 0.15) is 20.3 Å². The zero-order chi connectivity index (χ0) is 8.36. The summed E-state index contributed by atoms with van der Waals surface area (Å²) in [5.41, 5.74) is -2.02. The van der Waals surface area contributed by atoms with Crippen molar-refractivity contribution in [1.82, 2.24) is 0 Å². The van der Waals surface area contributed by atoms with Gasteiger partial charge >= 0.3 is 5.97 Å². The molecule has 0 spiro atoms. The van der Waals surface area contributed by atoms with Gasteiger partial charge in [0.2, 0.25) is 0 Å². The lowest BCUT2D eigenvalue weighted by atomic mass is 9.98. The van der Waals surface area contributed by atoms with Gasteiger partial charge in [0.05, 0.1) is 6.10 Å². The third kappa shape index (κ3) is 1.68. The molecule has 2 atom stereocenters. The van der Waals surface area contributed by atoms with Crippen molar-refractivity contribution >= 4 is 5.97 Å². The molecular weight excluding hydrogens is 136 g/mol. The van der Waals surface area contributed by atoms with Crippen molar-refractivity contribution in [2.24, 2.45) is 0 Å². The molecule has 0 aromatic heterocycles. The van der Waals surface area contributed by atoms with Crippen LogP contribution in [0.4, 0.5) is 0 Å². The highest BCUT2D eigenvalue weighted by atomic mass is 16.4. The Balaban J connectivity index is 4.23. The highest BCUT2D eigenvalue weighted by molar-refractivity contribution is 5.77. The fourth-order valence-electron chi connectivity index (χ4n) is 0.540. The van der Waals surface area contributed by atoms with Crippen molar-refractivity contribution in [1.29, 1.82) is 0 Å². The van der Waals surface area contributed by atoms with E-state index in [9.17, 15) is 4.79 Å². The Bertz CT molecular complexity index is 130. The van der Waals surface area contributed by atoms with Crippen molar-refractivity contribution in [3.8, 4) is 0 Å². The Hall–Kier alpha value is -0.610. The van der Waals surface area contributed by atoms with E-state index in [1.165, 1.54) is 0 Å². The van der Waals surface area contributed by atoms with Gasteiger partial charge < -0.3 is 15.3 Å². The molecule has 0 aromatic rings. The minimum absolute atomic E-state index is 0.222. The Kier molecular flexibility index (Phi) is 2.80. The lowest BCUT2D eigenvalue weighted by molar-refractivity contribution is -0.168. The molecule has 0 aliphatic heterocycles. The molecule has 0 aliphatic rings. The van der Waals surface area contributed by atoms with E-state index in [-0.39, 0.29) is 6.42 Å². The molecule has 0 rings (SSSR count). The molecular formula is C6H12O4. The average molecular weight is 148 g/mol. The number of carboxylic acid groups (broad SMARTS) is 1. The van der Waals surface area contributed by atoms with Gasteiger partial charge in [-0.1, -0.05) is 6.92 Å². The number of aliphatic hydroxyl groups is 2. The minimum atomic E-state index is -2.02. The number of hydrogen-bond acceptors (Lipinski definition) is 3. The second-order valence-electron chi connectivity index (χ2n) is 2.38. The average Bonchev–Trinajstić information content (AvgIpc) is 1.86. The van der Waals surface area contributed by atoms with Crippen molar-refractivity contribution in [3.63, 3.8) is 0 Å². The summed E-state index contributed by atoms with van der Waals surface area (Å²) in [5.74, 6) is -1.40. The van der Waals surface area contributed by atoms with Gasteiger partial charge in [0, 0.05) is 0 Å². The second kappa shape index (κ2) is 2.98. The summed E-state index contributed by atoms with van der Waals surface area (Å²) in [6, 6.07) is 0. The molecule has 10 heavy (non-hydrogen) atoms. The summed E-state index contributed by atoms with van der Waals surface area (Å²) >= 11 is 0. The van der Waals surface area contributed by atoms with Gasteiger partial charge in [0.1, 0.15) is 0 Å². The van der Waals surface area contributed by atoms with Crippen molar-refractivity contribution in [2.45, 2.75) is 32.0 Å². The lowest BCUT2D eigenvalue weighted by Gasteiger charge is -2.22. The zero-order valence-electron chi connectivity index (χ0n) is 6.03. The zero-order valence-corrected chi connectivity index (χ0v) is 6.03. The molecule has 0 radical (unpaired) electrons. The van der Waals surface area contributed by atoms with Crippen molar-refractivity contribution in [2.75, 3.05) is 0 Å². The van der Waals surface area contributed by atoms with Gasteiger partial charge in [-0.15, -0.1) is 0 Å². The summed E-state index contributed by atoms with van der Waals surface area (Å²) in [5, 5.41) is 26.3. The van der Waals surface area contributed by atoms with Crippen LogP contribution in [0.15, 0.2) is 0 Å². The fraction of sp³-hybridized carbons (Fsp3) is 0.833. The van der Waals surface area contributed by atoms with Gasteiger partial charge in [-0.3, -0.25) is 0 Å². The highest BCUT2D eigenvalue weighted by Gasteiger charge is 2.36. The van der Waals surface area contributed by atoms with E-state index in [1.54, 1.807) is 6.92 Å². The van der Waals surface area contributed by atoms with Crippen molar-refractivity contribution < 1.29 is 20.1 Å². The largest absolute Gasteiger partial charge is 0.479 e. The van der Waals surface area contributed by atoms with E-state index in [2.05, 4.69) is 0 Å². The Labute approximate surface area is 59.1 Å². The third-order valence-corrected chi connectivity index (χ3v) is 1.47. The van der Waals surface area contributed by atoms with Gasteiger partial charge in [-0.2, -0.15) is 0 Å². The lowest BCUT2D eigenvalue weighted by Crippen LogP contribution is -2.46. The molecule has 0 heterocycles. The molecule has 0 aromatic carbocycles. The molecule has 4 heteroatoms. The van der Waals surface area contributed by atoms with Gasteiger partial charge in [-0.05, 0) is 13.3 Å². The Morgan fingerprint density at radius 2 is 2.10 bits per heavy atom. The first-order chi connectivity index (χ1) is 4.42. The molecule has 2 unspecified atom stereocenters. The number of carbonyl (C=O) groups is 1. The first-order valence-electron chi connectivity index (χ1n) is 3.06. The molecule has 0 fully saturated rings. The summed E-state index contributed by atoms with van der Waals surface area (Å²) in [6.07, 6.45) is -0.982. The van der Waals surface area contributed by atoms with E-state index in [0.717, 1.165) is 6.92 Å². The molecule has 0 saturated heterocycles. The summed E-state index contributed by atoms with van der Waals surface area (Å²) in [6.45, 7) is 2.67. The number of hydrogen-bond donors (Lipinski definition) is 3. The van der Waals surface area contributed by atoms with Crippen LogP contribution in [-0.2, 0) is 4.79 Å². The summed E-state index contributed by atoms with van der Waals surface area (Å²) < 4.78 is 0. The van der Waals surface area contributed by atoms with E-state index in [4.69, 9.17) is 15.3 Å². The smallest absolute Gasteiger partial charge is 0.338 e. The summed E-state index contributed by atoms with van der Waals surface area (Å²) in [7, 11) is 0. The van der Waals surface area contributed by atoms with Crippen LogP contribution in [0.25, 0.3) is 0 Å². The first kappa shape index (κ1) is 9.39. The molecule has 0 bridgehead atoms. The molecule has 3 N–H and O–H groups in total. The molecule has 0 saturated carbocycles. The first-order valence-corrected chi connectivity index (χ1v) is 3.06. The quantitative estimate of drug-likeness (QED) is 0.508. The van der Waals surface area contributed by atoms with Crippen LogP contribution < -0.4 is 0 Å². The van der Waals surface area contributed by atoms with Gasteiger partial charge in [-0.25, -0.2) is 4.79 Å². The van der Waals surface area contributed by atoms with Crippen LogP contribution in [0.3, 0.4) is 0 Å². The second-order valence-corrected chi connectivity index (χ2v) is 2.38. The monoisotopic (exact) mass is 148 g/mol. The number of rotatable bonds is 3. The standard InChI is InChI=1S/C6H12O4/c1-3-4(7)6(2,10)5(8)9/h4,7,10H,3H2,1-2H3,(H,8,9). The Morgan fingerprint density at radius 1 is 1.70 bits per heavy atom. The van der Waals surface area contributed by atoms with E-state index >= 15 is 0 Å². The fourth-order valence-corrected chi connectivity index (χ4v) is 0.540. The Morgan fingerprint density at radius 3 is 2.20 bits per heavy atom. The maximum atomic E-state index is 10.2. The SMILES string of the molecule is CCC(O)C(C)(O)C(=O)O. The van der Waals surface area contributed by atoms with Crippen LogP contribution in [-0.4, -0.2) is 33.0 Å². The minimum Gasteiger partial charge on any atom is -0.479 e. The van der Waals surface area contributed by atoms with Crippen LogP contribution in [0.2, 0.25) is 0 Å². The number of carboxylic acids is 1. The highest BCUT2D eigenvalue weighted by Crippen LogP contribution is 2.12. The van der Waals surface area contributed by atoms with E-state index < -0.39 is 17.7 Å². The predicted molar refractivity (Wildman–Crippen MR) is 34.6 cm³/mol. The topological polar surface area (TPSA) is 77.8 Å². The summed E-state index contributed by atoms with van der Waals surface area (Å²) in [4.78, 5) is 10.2. The molecule has 4 nitrogen and oxygen atoms in total. The maximum Gasteiger partial charge on any atom is 0.338 e. The normalized spacial score (nSPS) is 19.6. The maximum absolute atomic E-state index is 10.2. The molecule has 60 valence electrons. The predicted octanol–water partition coefficient (Wildman–Crippen LogP) is -0.407. The third-order valence-electron chi connectivity index (χ3n) is 1.47. The van der Waals surface area contributed by atoms with Crippen LogP contribution in [0, 0.1) is 0 Å². The molecule has 0 amide bonds. The van der Waals surface area contributed by atoms with Crippen LogP contribution in [0.5, 0.6) is 0 Å².